The molecular weight excluding hydrogens is 279 g/mol. The average molecular weight is 287 g/mol. The van der Waals surface area contributed by atoms with Gasteiger partial charge in [0.05, 0.1) is 24.6 Å². The molecule has 1 heterocycles. The van der Waals surface area contributed by atoms with Gasteiger partial charge in [0, 0.05) is 4.47 Å². The first kappa shape index (κ1) is 11.1. The third-order valence-corrected chi connectivity index (χ3v) is 2.87. The molecule has 2 rings (SSSR count). The standard InChI is InChI=1S/C10H8BrFN2O2/c1-16-7(15)4-5-2-3-6(11)9-8(5)13-10(12)14-9/h2-3H,4H2,1H3,(H,13,14). The molecule has 0 fully saturated rings. The molecule has 0 amide bonds. The Morgan fingerprint density at radius 2 is 2.38 bits per heavy atom. The molecule has 0 atom stereocenters. The number of aromatic amines is 1. The molecule has 6 heteroatoms. The first-order chi connectivity index (χ1) is 7.61. The summed E-state index contributed by atoms with van der Waals surface area (Å²) in [7, 11) is 1.31. The number of nitrogens with one attached hydrogen (secondary N) is 1. The molecule has 0 unspecified atom stereocenters. The number of carbonyl (C=O) groups is 1. The van der Waals surface area contributed by atoms with Gasteiger partial charge in [-0.05, 0) is 27.6 Å². The van der Waals surface area contributed by atoms with Crippen LogP contribution in [-0.2, 0) is 16.0 Å². The lowest BCUT2D eigenvalue weighted by Crippen LogP contribution is -2.04. The van der Waals surface area contributed by atoms with Gasteiger partial charge in [0.15, 0.2) is 0 Å². The number of hydrogen-bond donors (Lipinski definition) is 1. The maximum absolute atomic E-state index is 13.0. The second kappa shape index (κ2) is 4.21. The summed E-state index contributed by atoms with van der Waals surface area (Å²) in [6.07, 6.45) is -0.599. The van der Waals surface area contributed by atoms with E-state index in [1.54, 1.807) is 12.1 Å². The Bertz CT molecular complexity index is 553. The van der Waals surface area contributed by atoms with Crippen LogP contribution in [0.4, 0.5) is 4.39 Å². The van der Waals surface area contributed by atoms with Crippen LogP contribution in [0.5, 0.6) is 0 Å². The monoisotopic (exact) mass is 286 g/mol. The highest BCUT2D eigenvalue weighted by Crippen LogP contribution is 2.25. The van der Waals surface area contributed by atoms with Gasteiger partial charge in [-0.1, -0.05) is 6.07 Å². The minimum atomic E-state index is -0.673. The lowest BCUT2D eigenvalue weighted by Gasteiger charge is -2.01. The highest BCUT2D eigenvalue weighted by atomic mass is 79.9. The van der Waals surface area contributed by atoms with E-state index < -0.39 is 6.08 Å². The van der Waals surface area contributed by atoms with Crippen molar-refractivity contribution in [2.45, 2.75) is 6.42 Å². The number of hydrogen-bond acceptors (Lipinski definition) is 3. The summed E-state index contributed by atoms with van der Waals surface area (Å²) in [4.78, 5) is 17.3. The fraction of sp³-hybridized carbons (Fsp3) is 0.200. The number of fused-ring (bicyclic) bond motifs is 1. The van der Waals surface area contributed by atoms with E-state index in [9.17, 15) is 9.18 Å². The number of ether oxygens (including phenoxy) is 1. The highest BCUT2D eigenvalue weighted by molar-refractivity contribution is 9.10. The topological polar surface area (TPSA) is 55.0 Å². The highest BCUT2D eigenvalue weighted by Gasteiger charge is 2.13. The van der Waals surface area contributed by atoms with Crippen LogP contribution in [0.2, 0.25) is 0 Å². The quantitative estimate of drug-likeness (QED) is 0.861. The van der Waals surface area contributed by atoms with Gasteiger partial charge < -0.3 is 9.72 Å². The summed E-state index contributed by atoms with van der Waals surface area (Å²) >= 11 is 3.27. The van der Waals surface area contributed by atoms with Crippen LogP contribution in [0.15, 0.2) is 16.6 Å². The Morgan fingerprint density at radius 1 is 1.62 bits per heavy atom. The predicted octanol–water partition coefficient (Wildman–Crippen LogP) is 2.18. The Hall–Kier alpha value is -1.43. The van der Waals surface area contributed by atoms with Crippen LogP contribution < -0.4 is 0 Å². The zero-order valence-electron chi connectivity index (χ0n) is 8.38. The van der Waals surface area contributed by atoms with E-state index >= 15 is 0 Å². The molecule has 0 spiro atoms. The first-order valence-electron chi connectivity index (χ1n) is 4.51. The SMILES string of the molecule is COC(=O)Cc1ccc(Br)c2[nH]c(F)nc12. The number of rotatable bonds is 2. The van der Waals surface area contributed by atoms with Crippen LogP contribution in [0.1, 0.15) is 5.56 Å². The number of imidazole rings is 1. The number of benzene rings is 1. The zero-order chi connectivity index (χ0) is 11.7. The van der Waals surface area contributed by atoms with E-state index in [0.717, 1.165) is 0 Å². The summed E-state index contributed by atoms with van der Waals surface area (Å²) in [6.45, 7) is 0. The van der Waals surface area contributed by atoms with Crippen molar-refractivity contribution in [3.05, 3.63) is 28.2 Å². The smallest absolute Gasteiger partial charge is 0.310 e. The molecule has 0 radical (unpaired) electrons. The molecule has 0 saturated heterocycles. The predicted molar refractivity (Wildman–Crippen MR) is 59.5 cm³/mol. The van der Waals surface area contributed by atoms with Crippen LogP contribution in [-0.4, -0.2) is 23.0 Å². The normalized spacial score (nSPS) is 10.7. The van der Waals surface area contributed by atoms with E-state index in [2.05, 4.69) is 30.6 Å². The number of halogens is 2. The van der Waals surface area contributed by atoms with E-state index in [1.165, 1.54) is 7.11 Å². The lowest BCUT2D eigenvalue weighted by molar-refractivity contribution is -0.139. The van der Waals surface area contributed by atoms with Crippen LogP contribution in [0.3, 0.4) is 0 Å². The molecule has 1 aromatic heterocycles. The Labute approximate surface area is 98.9 Å². The van der Waals surface area contributed by atoms with E-state index in [4.69, 9.17) is 0 Å². The third-order valence-electron chi connectivity index (χ3n) is 2.21. The van der Waals surface area contributed by atoms with Gasteiger partial charge in [-0.2, -0.15) is 4.39 Å². The van der Waals surface area contributed by atoms with Crippen molar-refractivity contribution in [1.82, 2.24) is 9.97 Å². The van der Waals surface area contributed by atoms with Gasteiger partial charge in [0.25, 0.3) is 6.08 Å². The number of methoxy groups -OCH3 is 1. The summed E-state index contributed by atoms with van der Waals surface area (Å²) in [6, 6.07) is 3.45. The molecule has 4 nitrogen and oxygen atoms in total. The molecule has 16 heavy (non-hydrogen) atoms. The second-order valence-electron chi connectivity index (χ2n) is 3.21. The molecule has 0 aliphatic rings. The van der Waals surface area contributed by atoms with Crippen molar-refractivity contribution in [1.29, 1.82) is 0 Å². The second-order valence-corrected chi connectivity index (χ2v) is 4.06. The van der Waals surface area contributed by atoms with Crippen molar-refractivity contribution in [3.63, 3.8) is 0 Å². The van der Waals surface area contributed by atoms with Crippen molar-refractivity contribution >= 4 is 32.9 Å². The van der Waals surface area contributed by atoms with E-state index in [0.29, 0.717) is 21.1 Å². The largest absolute Gasteiger partial charge is 0.469 e. The maximum Gasteiger partial charge on any atom is 0.310 e. The molecule has 84 valence electrons. The van der Waals surface area contributed by atoms with Gasteiger partial charge in [-0.3, -0.25) is 4.79 Å². The van der Waals surface area contributed by atoms with Crippen LogP contribution >= 0.6 is 15.9 Å². The van der Waals surface area contributed by atoms with Crippen molar-refractivity contribution in [3.8, 4) is 0 Å². The van der Waals surface area contributed by atoms with Gasteiger partial charge in [0.1, 0.15) is 0 Å². The van der Waals surface area contributed by atoms with Crippen molar-refractivity contribution in [2.75, 3.05) is 7.11 Å². The molecule has 1 N–H and O–H groups in total. The average Bonchev–Trinajstić information content (AvgIpc) is 2.65. The number of aromatic nitrogens is 2. The fourth-order valence-electron chi connectivity index (χ4n) is 1.46. The molecule has 0 aliphatic carbocycles. The van der Waals surface area contributed by atoms with E-state index in [1.807, 2.05) is 0 Å². The Balaban J connectivity index is 2.53. The van der Waals surface area contributed by atoms with Crippen LogP contribution in [0.25, 0.3) is 11.0 Å². The summed E-state index contributed by atoms with van der Waals surface area (Å²) in [5, 5.41) is 0. The minimum Gasteiger partial charge on any atom is -0.469 e. The number of carbonyl (C=O) groups excluding carboxylic acids is 1. The number of H-pyrrole nitrogens is 1. The summed E-state index contributed by atoms with van der Waals surface area (Å²) < 4.78 is 18.3. The maximum atomic E-state index is 13.0. The summed E-state index contributed by atoms with van der Waals surface area (Å²) in [5.74, 6) is -0.382. The molecule has 0 bridgehead atoms. The zero-order valence-corrected chi connectivity index (χ0v) is 9.97. The summed E-state index contributed by atoms with van der Waals surface area (Å²) in [5.41, 5.74) is 1.61. The van der Waals surface area contributed by atoms with Crippen molar-refractivity contribution < 1.29 is 13.9 Å². The Kier molecular flexibility index (Phi) is 2.91. The van der Waals surface area contributed by atoms with Gasteiger partial charge in [-0.15, -0.1) is 0 Å². The molecule has 0 saturated carbocycles. The number of esters is 1. The molecular formula is C10H8BrFN2O2. The molecule has 2 aromatic rings. The van der Waals surface area contributed by atoms with Gasteiger partial charge >= 0.3 is 5.97 Å². The van der Waals surface area contributed by atoms with Gasteiger partial charge in [0.2, 0.25) is 0 Å². The molecule has 1 aromatic carbocycles. The fourth-order valence-corrected chi connectivity index (χ4v) is 1.87. The first-order valence-corrected chi connectivity index (χ1v) is 5.30. The molecule has 0 aliphatic heterocycles. The third kappa shape index (κ3) is 1.92. The van der Waals surface area contributed by atoms with Gasteiger partial charge in [-0.25, -0.2) is 4.98 Å². The lowest BCUT2D eigenvalue weighted by atomic mass is 10.1. The number of nitrogens with zero attached hydrogens (tertiary/aromatic N) is 1. The van der Waals surface area contributed by atoms with Crippen molar-refractivity contribution in [2.24, 2.45) is 0 Å². The minimum absolute atomic E-state index is 0.0740. The van der Waals surface area contributed by atoms with E-state index in [-0.39, 0.29) is 12.4 Å². The Morgan fingerprint density at radius 3 is 3.06 bits per heavy atom. The van der Waals surface area contributed by atoms with Crippen LogP contribution in [0, 0.1) is 6.08 Å².